The second-order valence-corrected chi connectivity index (χ2v) is 9.73. The maximum Gasteiger partial charge on any atom is 0.303 e. The number of hydrogen-bond donors (Lipinski definition) is 1. The lowest BCUT2D eigenvalue weighted by atomic mass is 9.86. The number of ether oxygens (including phenoxy) is 1. The van der Waals surface area contributed by atoms with Crippen molar-refractivity contribution in [3.8, 4) is 0 Å². The van der Waals surface area contributed by atoms with Crippen LogP contribution in [0.5, 0.6) is 0 Å². The lowest BCUT2D eigenvalue weighted by molar-refractivity contribution is -0.137. The molecule has 7 heteroatoms. The molecule has 6 nitrogen and oxygen atoms in total. The molecule has 1 heterocycles. The standard InChI is InChI=1S/C20H31NO5S/c1-5-15-11-17(16(10-14(2)3)7-9-20(22)23)6-8-19(15)27(24,25)21(4)12-18-13-26-18/h6,8,11,14,16,18H,5,7,9-10,12-13H2,1-4H3,(H,22,23)/t16-,18?/m0/s1. The van der Waals surface area contributed by atoms with Crippen molar-refractivity contribution in [2.75, 3.05) is 20.2 Å². The van der Waals surface area contributed by atoms with Crippen molar-refractivity contribution in [1.29, 1.82) is 0 Å². The molecule has 0 aliphatic carbocycles. The molecule has 1 N–H and O–H groups in total. The Kier molecular flexibility index (Phi) is 7.42. The zero-order chi connectivity index (χ0) is 20.2. The molecule has 1 fully saturated rings. The summed E-state index contributed by atoms with van der Waals surface area (Å²) in [5.41, 5.74) is 1.80. The van der Waals surface area contributed by atoms with Crippen LogP contribution in [0, 0.1) is 5.92 Å². The summed E-state index contributed by atoms with van der Waals surface area (Å²) in [5, 5.41) is 9.04. The molecule has 0 spiro atoms. The van der Waals surface area contributed by atoms with E-state index in [1.807, 2.05) is 19.1 Å². The molecule has 0 radical (unpaired) electrons. The Hall–Kier alpha value is -1.44. The Labute approximate surface area is 162 Å². The molecule has 0 bridgehead atoms. The van der Waals surface area contributed by atoms with Gasteiger partial charge in [0.05, 0.1) is 17.6 Å². The summed E-state index contributed by atoms with van der Waals surface area (Å²) < 4.78 is 32.4. The van der Waals surface area contributed by atoms with Gasteiger partial charge < -0.3 is 9.84 Å². The van der Waals surface area contributed by atoms with Crippen molar-refractivity contribution in [2.45, 2.75) is 63.4 Å². The summed E-state index contributed by atoms with van der Waals surface area (Å²) in [4.78, 5) is 11.3. The Morgan fingerprint density at radius 2 is 2.04 bits per heavy atom. The third-order valence-corrected chi connectivity index (χ3v) is 6.87. The summed E-state index contributed by atoms with van der Waals surface area (Å²) in [6.45, 7) is 7.14. The predicted molar refractivity (Wildman–Crippen MR) is 104 cm³/mol. The van der Waals surface area contributed by atoms with Crippen LogP contribution in [0.15, 0.2) is 23.1 Å². The van der Waals surface area contributed by atoms with Gasteiger partial charge in [0.2, 0.25) is 10.0 Å². The highest BCUT2D eigenvalue weighted by Gasteiger charge is 2.31. The van der Waals surface area contributed by atoms with Crippen LogP contribution in [-0.2, 0) is 26.0 Å². The molecule has 0 aromatic heterocycles. The fourth-order valence-corrected chi connectivity index (χ4v) is 4.87. The number of rotatable bonds is 11. The van der Waals surface area contributed by atoms with Crippen LogP contribution in [0.25, 0.3) is 0 Å². The van der Waals surface area contributed by atoms with E-state index in [9.17, 15) is 13.2 Å². The van der Waals surface area contributed by atoms with Crippen LogP contribution in [0.4, 0.5) is 0 Å². The molecule has 2 atom stereocenters. The molecule has 1 aliphatic rings. The number of epoxide rings is 1. The van der Waals surface area contributed by atoms with Crippen LogP contribution in [0.3, 0.4) is 0 Å². The molecule has 2 rings (SSSR count). The molecule has 152 valence electrons. The van der Waals surface area contributed by atoms with Crippen molar-refractivity contribution in [2.24, 2.45) is 5.92 Å². The number of hydrogen-bond acceptors (Lipinski definition) is 4. The van der Waals surface area contributed by atoms with Crippen molar-refractivity contribution >= 4 is 16.0 Å². The molecule has 1 aromatic rings. The number of benzene rings is 1. The summed E-state index contributed by atoms with van der Waals surface area (Å²) in [6.07, 6.45) is 2.15. The molecule has 1 saturated heterocycles. The van der Waals surface area contributed by atoms with E-state index in [0.29, 0.717) is 36.8 Å². The molecule has 1 unspecified atom stereocenters. The third-order valence-electron chi connectivity index (χ3n) is 4.95. The van der Waals surface area contributed by atoms with E-state index in [4.69, 9.17) is 9.84 Å². The van der Waals surface area contributed by atoms with E-state index in [1.54, 1.807) is 13.1 Å². The van der Waals surface area contributed by atoms with Gasteiger partial charge in [-0.3, -0.25) is 4.79 Å². The lowest BCUT2D eigenvalue weighted by Gasteiger charge is -2.22. The van der Waals surface area contributed by atoms with Gasteiger partial charge in [-0.2, -0.15) is 4.31 Å². The highest BCUT2D eigenvalue weighted by Crippen LogP contribution is 2.32. The Bertz CT molecular complexity index is 756. The molecular formula is C20H31NO5S. The number of aliphatic carboxylic acids is 1. The molecule has 1 aromatic carbocycles. The first-order chi connectivity index (χ1) is 12.6. The first kappa shape index (κ1) is 21.9. The summed E-state index contributed by atoms with van der Waals surface area (Å²) in [5.74, 6) is -0.259. The topological polar surface area (TPSA) is 87.2 Å². The number of likely N-dealkylation sites (N-methyl/N-ethyl adjacent to an activating group) is 1. The summed E-state index contributed by atoms with van der Waals surface area (Å²) in [6, 6.07) is 5.48. The van der Waals surface area contributed by atoms with Crippen molar-refractivity contribution < 1.29 is 23.1 Å². The van der Waals surface area contributed by atoms with Crippen molar-refractivity contribution in [1.82, 2.24) is 4.31 Å². The van der Waals surface area contributed by atoms with Gasteiger partial charge in [0, 0.05) is 20.0 Å². The Balaban J connectivity index is 2.30. The van der Waals surface area contributed by atoms with Gasteiger partial charge in [-0.1, -0.05) is 32.9 Å². The molecular weight excluding hydrogens is 366 g/mol. The average Bonchev–Trinajstić information content (AvgIpc) is 3.41. The minimum Gasteiger partial charge on any atom is -0.481 e. The zero-order valence-corrected chi connectivity index (χ0v) is 17.5. The quantitative estimate of drug-likeness (QED) is 0.579. The molecule has 0 amide bonds. The van der Waals surface area contributed by atoms with Crippen LogP contribution in [-0.4, -0.2) is 50.1 Å². The van der Waals surface area contributed by atoms with Crippen molar-refractivity contribution in [3.05, 3.63) is 29.3 Å². The Morgan fingerprint density at radius 3 is 2.56 bits per heavy atom. The second kappa shape index (κ2) is 9.17. The van der Waals surface area contributed by atoms with Gasteiger partial charge in [0.15, 0.2) is 0 Å². The van der Waals surface area contributed by atoms with Gasteiger partial charge in [-0.05, 0) is 48.3 Å². The molecule has 0 saturated carbocycles. The average molecular weight is 398 g/mol. The van der Waals surface area contributed by atoms with Crippen LogP contribution >= 0.6 is 0 Å². The highest BCUT2D eigenvalue weighted by molar-refractivity contribution is 7.89. The van der Waals surface area contributed by atoms with Gasteiger partial charge in [-0.15, -0.1) is 0 Å². The lowest BCUT2D eigenvalue weighted by Crippen LogP contribution is -2.31. The van der Waals surface area contributed by atoms with Gasteiger partial charge in [0.25, 0.3) is 0 Å². The van der Waals surface area contributed by atoms with Crippen LogP contribution in [0.2, 0.25) is 0 Å². The fourth-order valence-electron chi connectivity index (χ4n) is 3.39. The van der Waals surface area contributed by atoms with E-state index in [0.717, 1.165) is 17.5 Å². The van der Waals surface area contributed by atoms with Crippen molar-refractivity contribution in [3.63, 3.8) is 0 Å². The first-order valence-corrected chi connectivity index (χ1v) is 11.0. The van der Waals surface area contributed by atoms with Crippen LogP contribution in [0.1, 0.15) is 57.1 Å². The fraction of sp³-hybridized carbons (Fsp3) is 0.650. The summed E-state index contributed by atoms with van der Waals surface area (Å²) in [7, 11) is -1.99. The number of aryl methyl sites for hydroxylation is 1. The first-order valence-electron chi connectivity index (χ1n) is 9.57. The smallest absolute Gasteiger partial charge is 0.303 e. The Morgan fingerprint density at radius 1 is 1.37 bits per heavy atom. The van der Waals surface area contributed by atoms with E-state index < -0.39 is 16.0 Å². The van der Waals surface area contributed by atoms with E-state index >= 15 is 0 Å². The number of nitrogens with zero attached hydrogens (tertiary/aromatic N) is 1. The highest BCUT2D eigenvalue weighted by atomic mass is 32.2. The number of carboxylic acids is 1. The normalized spacial score (nSPS) is 18.1. The minimum absolute atomic E-state index is 0.000524. The maximum absolute atomic E-state index is 12.9. The largest absolute Gasteiger partial charge is 0.481 e. The van der Waals surface area contributed by atoms with E-state index in [-0.39, 0.29) is 18.4 Å². The third kappa shape index (κ3) is 6.02. The van der Waals surface area contributed by atoms with E-state index in [1.165, 1.54) is 4.31 Å². The summed E-state index contributed by atoms with van der Waals surface area (Å²) >= 11 is 0. The van der Waals surface area contributed by atoms with E-state index in [2.05, 4.69) is 13.8 Å². The SMILES string of the molecule is CCc1cc([C@@H](CCC(=O)O)CC(C)C)ccc1S(=O)(=O)N(C)CC1CO1. The predicted octanol–water partition coefficient (Wildman–Crippen LogP) is 3.26. The van der Waals surface area contributed by atoms with Gasteiger partial charge in [-0.25, -0.2) is 8.42 Å². The molecule has 1 aliphatic heterocycles. The number of carbonyl (C=O) groups is 1. The van der Waals surface area contributed by atoms with Gasteiger partial charge >= 0.3 is 5.97 Å². The number of sulfonamides is 1. The second-order valence-electron chi connectivity index (χ2n) is 7.72. The number of carboxylic acid groups (broad SMARTS) is 1. The van der Waals surface area contributed by atoms with Crippen LogP contribution < -0.4 is 0 Å². The minimum atomic E-state index is -3.57. The zero-order valence-electron chi connectivity index (χ0n) is 16.6. The maximum atomic E-state index is 12.9. The molecule has 27 heavy (non-hydrogen) atoms. The van der Waals surface area contributed by atoms with Gasteiger partial charge in [0.1, 0.15) is 0 Å². The monoisotopic (exact) mass is 397 g/mol.